The first-order valence-electron chi connectivity index (χ1n) is 5.61. The van der Waals surface area contributed by atoms with Crippen molar-refractivity contribution in [1.29, 1.82) is 0 Å². The fraction of sp³-hybridized carbons (Fsp3) is 0.538. The Hall–Kier alpha value is -0.540. The summed E-state index contributed by atoms with van der Waals surface area (Å²) in [6.45, 7) is 4.22. The maximum atomic E-state index is 10.1. The van der Waals surface area contributed by atoms with E-state index in [1.807, 2.05) is 13.0 Å². The normalized spacial score (nSPS) is 24.1. The molecular formula is C13H17BrO2. The average molecular weight is 285 g/mol. The second-order valence-electron chi connectivity index (χ2n) is 4.53. The van der Waals surface area contributed by atoms with Gasteiger partial charge < -0.3 is 9.84 Å². The van der Waals surface area contributed by atoms with Gasteiger partial charge in [0.2, 0.25) is 0 Å². The number of ether oxygens (including phenoxy) is 1. The van der Waals surface area contributed by atoms with E-state index in [0.29, 0.717) is 5.92 Å². The molecule has 1 aromatic carbocycles. The SMILES string of the molecule is COc1cc(C)c(Br)c2c1C(C)CC[C@H]2O. The quantitative estimate of drug-likeness (QED) is 0.852. The summed E-state index contributed by atoms with van der Waals surface area (Å²) >= 11 is 3.58. The Balaban J connectivity index is 2.70. The third-order valence-electron chi connectivity index (χ3n) is 3.40. The third-order valence-corrected chi connectivity index (χ3v) is 4.46. The molecule has 1 aliphatic carbocycles. The van der Waals surface area contributed by atoms with E-state index >= 15 is 0 Å². The van der Waals surface area contributed by atoms with Gasteiger partial charge in [0, 0.05) is 15.6 Å². The molecular weight excluding hydrogens is 268 g/mol. The summed E-state index contributed by atoms with van der Waals surface area (Å²) in [5.41, 5.74) is 3.30. The van der Waals surface area contributed by atoms with Crippen LogP contribution in [-0.4, -0.2) is 12.2 Å². The van der Waals surface area contributed by atoms with E-state index in [9.17, 15) is 5.11 Å². The molecule has 2 atom stereocenters. The number of hydrogen-bond acceptors (Lipinski definition) is 2. The summed E-state index contributed by atoms with van der Waals surface area (Å²) in [6.07, 6.45) is 1.48. The zero-order chi connectivity index (χ0) is 11.9. The molecule has 2 nitrogen and oxygen atoms in total. The van der Waals surface area contributed by atoms with Crippen LogP contribution in [0.5, 0.6) is 5.75 Å². The molecule has 0 spiro atoms. The zero-order valence-electron chi connectivity index (χ0n) is 9.88. The Morgan fingerprint density at radius 3 is 2.69 bits per heavy atom. The largest absolute Gasteiger partial charge is 0.496 e. The van der Waals surface area contributed by atoms with Crippen molar-refractivity contribution < 1.29 is 9.84 Å². The summed E-state index contributed by atoms with van der Waals surface area (Å²) in [4.78, 5) is 0. The van der Waals surface area contributed by atoms with E-state index in [2.05, 4.69) is 22.9 Å². The fourth-order valence-corrected chi connectivity index (χ4v) is 3.09. The van der Waals surface area contributed by atoms with Crippen LogP contribution in [0.2, 0.25) is 0 Å². The summed E-state index contributed by atoms with van der Waals surface area (Å²) in [7, 11) is 1.69. The number of rotatable bonds is 1. The van der Waals surface area contributed by atoms with Crippen LogP contribution in [-0.2, 0) is 0 Å². The molecule has 1 aliphatic rings. The van der Waals surface area contributed by atoms with Gasteiger partial charge in [-0.2, -0.15) is 0 Å². The van der Waals surface area contributed by atoms with Gasteiger partial charge in [0.05, 0.1) is 13.2 Å². The molecule has 0 fully saturated rings. The van der Waals surface area contributed by atoms with Crippen LogP contribution < -0.4 is 4.74 Å². The predicted octanol–water partition coefficient (Wildman–Crippen LogP) is 3.70. The van der Waals surface area contributed by atoms with Crippen LogP contribution in [0.4, 0.5) is 0 Å². The Morgan fingerprint density at radius 2 is 2.06 bits per heavy atom. The molecule has 0 saturated heterocycles. The van der Waals surface area contributed by atoms with Gasteiger partial charge >= 0.3 is 0 Å². The summed E-state index contributed by atoms with van der Waals surface area (Å²) in [6, 6.07) is 2.04. The summed E-state index contributed by atoms with van der Waals surface area (Å²) in [5.74, 6) is 1.35. The Labute approximate surface area is 105 Å². The van der Waals surface area contributed by atoms with E-state index < -0.39 is 0 Å². The molecule has 0 aliphatic heterocycles. The number of aryl methyl sites for hydroxylation is 1. The minimum Gasteiger partial charge on any atom is -0.496 e. The standard InChI is InChI=1S/C13H17BrO2/c1-7-4-5-9(15)12-11(7)10(16-3)6-8(2)13(12)14/h6-7,9,15H,4-5H2,1-3H3/t7?,9-/m1/s1. The van der Waals surface area contributed by atoms with Gasteiger partial charge in [0.1, 0.15) is 5.75 Å². The molecule has 1 aromatic rings. The molecule has 0 heterocycles. The van der Waals surface area contributed by atoms with Crippen molar-refractivity contribution in [1.82, 2.24) is 0 Å². The van der Waals surface area contributed by atoms with Crippen LogP contribution in [0.25, 0.3) is 0 Å². The van der Waals surface area contributed by atoms with E-state index in [-0.39, 0.29) is 6.10 Å². The van der Waals surface area contributed by atoms with Crippen molar-refractivity contribution in [3.05, 3.63) is 27.2 Å². The number of halogens is 1. The van der Waals surface area contributed by atoms with E-state index in [1.165, 1.54) is 5.56 Å². The number of hydrogen-bond donors (Lipinski definition) is 1. The molecule has 0 amide bonds. The second-order valence-corrected chi connectivity index (χ2v) is 5.32. The Kier molecular flexibility index (Phi) is 3.27. The number of fused-ring (bicyclic) bond motifs is 1. The summed E-state index contributed by atoms with van der Waals surface area (Å²) < 4.78 is 6.47. The first-order chi connectivity index (χ1) is 7.56. The van der Waals surface area contributed by atoms with Crippen molar-refractivity contribution in [2.45, 2.75) is 38.7 Å². The molecule has 1 unspecified atom stereocenters. The van der Waals surface area contributed by atoms with Gasteiger partial charge in [-0.05, 0) is 37.3 Å². The smallest absolute Gasteiger partial charge is 0.123 e. The van der Waals surface area contributed by atoms with Crippen molar-refractivity contribution in [2.24, 2.45) is 0 Å². The van der Waals surface area contributed by atoms with Crippen LogP contribution in [0.1, 0.15) is 48.5 Å². The second kappa shape index (κ2) is 4.38. The van der Waals surface area contributed by atoms with E-state index in [1.54, 1.807) is 7.11 Å². The Bertz CT molecular complexity index is 415. The highest BCUT2D eigenvalue weighted by Crippen LogP contribution is 2.46. The minimum atomic E-state index is -0.366. The zero-order valence-corrected chi connectivity index (χ0v) is 11.5. The van der Waals surface area contributed by atoms with Crippen LogP contribution in [0.3, 0.4) is 0 Å². The minimum absolute atomic E-state index is 0.366. The molecule has 88 valence electrons. The number of aliphatic hydroxyl groups is 1. The van der Waals surface area contributed by atoms with Crippen LogP contribution in [0.15, 0.2) is 10.5 Å². The predicted molar refractivity (Wildman–Crippen MR) is 68.0 cm³/mol. The first-order valence-corrected chi connectivity index (χ1v) is 6.40. The molecule has 0 saturated carbocycles. The lowest BCUT2D eigenvalue weighted by molar-refractivity contribution is 0.149. The highest BCUT2D eigenvalue weighted by atomic mass is 79.9. The molecule has 0 radical (unpaired) electrons. The van der Waals surface area contributed by atoms with Gasteiger partial charge in [-0.3, -0.25) is 0 Å². The van der Waals surface area contributed by atoms with Crippen LogP contribution >= 0.6 is 15.9 Å². The van der Waals surface area contributed by atoms with Crippen molar-refractivity contribution >= 4 is 15.9 Å². The number of methoxy groups -OCH3 is 1. The highest BCUT2D eigenvalue weighted by molar-refractivity contribution is 9.10. The molecule has 0 aromatic heterocycles. The lowest BCUT2D eigenvalue weighted by Crippen LogP contribution is -2.15. The van der Waals surface area contributed by atoms with Gasteiger partial charge in [-0.25, -0.2) is 0 Å². The van der Waals surface area contributed by atoms with Gasteiger partial charge in [0.25, 0.3) is 0 Å². The van der Waals surface area contributed by atoms with Crippen molar-refractivity contribution in [2.75, 3.05) is 7.11 Å². The average Bonchev–Trinajstić information content (AvgIpc) is 2.27. The maximum Gasteiger partial charge on any atom is 0.123 e. The van der Waals surface area contributed by atoms with Gasteiger partial charge in [0.15, 0.2) is 0 Å². The van der Waals surface area contributed by atoms with Gasteiger partial charge in [-0.15, -0.1) is 0 Å². The van der Waals surface area contributed by atoms with Crippen molar-refractivity contribution in [3.8, 4) is 5.75 Å². The van der Waals surface area contributed by atoms with Gasteiger partial charge in [-0.1, -0.05) is 22.9 Å². The molecule has 1 N–H and O–H groups in total. The monoisotopic (exact) mass is 284 g/mol. The molecule has 16 heavy (non-hydrogen) atoms. The molecule has 2 rings (SSSR count). The lowest BCUT2D eigenvalue weighted by atomic mass is 9.81. The van der Waals surface area contributed by atoms with E-state index in [4.69, 9.17) is 4.74 Å². The maximum absolute atomic E-state index is 10.1. The lowest BCUT2D eigenvalue weighted by Gasteiger charge is -2.30. The van der Waals surface area contributed by atoms with Crippen molar-refractivity contribution in [3.63, 3.8) is 0 Å². The first kappa shape index (κ1) is 11.9. The fourth-order valence-electron chi connectivity index (χ4n) is 2.50. The third kappa shape index (κ3) is 1.76. The van der Waals surface area contributed by atoms with Crippen LogP contribution in [0, 0.1) is 6.92 Å². The van der Waals surface area contributed by atoms with E-state index in [0.717, 1.165) is 34.2 Å². The molecule has 3 heteroatoms. The number of benzene rings is 1. The Morgan fingerprint density at radius 1 is 1.38 bits per heavy atom. The summed E-state index contributed by atoms with van der Waals surface area (Å²) in [5, 5.41) is 10.1. The topological polar surface area (TPSA) is 29.5 Å². The molecule has 0 bridgehead atoms. The highest BCUT2D eigenvalue weighted by Gasteiger charge is 2.29. The number of aliphatic hydroxyl groups excluding tert-OH is 1.